The Labute approximate surface area is 128 Å². The Morgan fingerprint density at radius 1 is 1.36 bits per heavy atom. The second kappa shape index (κ2) is 7.85. The van der Waals surface area contributed by atoms with Crippen LogP contribution in [0.3, 0.4) is 0 Å². The minimum atomic E-state index is -3.93. The number of hydrogen-bond donors (Lipinski definition) is 1. The maximum absolute atomic E-state index is 12.3. The van der Waals surface area contributed by atoms with Crippen molar-refractivity contribution in [2.75, 3.05) is 32.2 Å². The number of carbonyl (C=O) groups is 2. The monoisotopic (exact) mass is 332 g/mol. The van der Waals surface area contributed by atoms with Gasteiger partial charge in [0, 0.05) is 12.7 Å². The van der Waals surface area contributed by atoms with Gasteiger partial charge < -0.3 is 10.1 Å². The van der Waals surface area contributed by atoms with E-state index in [0.717, 1.165) is 4.31 Å². The lowest BCUT2D eigenvalue weighted by molar-refractivity contribution is -0.143. The molecule has 0 heterocycles. The first kappa shape index (κ1) is 18.1. The number of esters is 1. The van der Waals surface area contributed by atoms with Crippen molar-refractivity contribution >= 4 is 27.6 Å². The van der Waals surface area contributed by atoms with E-state index in [4.69, 9.17) is 4.74 Å². The molecule has 0 atom stereocenters. The number of carbonyl (C=O) groups excluding carboxylic acids is 2. The van der Waals surface area contributed by atoms with E-state index in [0.29, 0.717) is 0 Å². The lowest BCUT2D eigenvalue weighted by Crippen LogP contribution is -2.33. The predicted octanol–water partition coefficient (Wildman–Crippen LogP) is 0.778. The van der Waals surface area contributed by atoms with Gasteiger partial charge in [0.2, 0.25) is 10.0 Å². The van der Waals surface area contributed by atoms with E-state index in [2.05, 4.69) is 5.32 Å². The number of likely N-dealkylation sites (N-methyl/N-ethyl adjacent to an activating group) is 1. The summed E-state index contributed by atoms with van der Waals surface area (Å²) in [6, 6.07) is 5.32. The molecule has 0 aliphatic carbocycles. The molecule has 1 aromatic rings. The van der Waals surface area contributed by atoms with E-state index >= 15 is 0 Å². The van der Waals surface area contributed by atoms with Gasteiger partial charge in [0.15, 0.2) is 6.67 Å². The Hall–Kier alpha value is -2.00. The predicted molar refractivity (Wildman–Crippen MR) is 77.5 cm³/mol. The van der Waals surface area contributed by atoms with Gasteiger partial charge in [-0.15, -0.1) is 0 Å². The van der Waals surface area contributed by atoms with Gasteiger partial charge in [0.1, 0.15) is 6.54 Å². The highest BCUT2D eigenvalue weighted by atomic mass is 32.2. The maximum Gasteiger partial charge on any atom is 0.321 e. The summed E-state index contributed by atoms with van der Waals surface area (Å²) in [6.07, 6.45) is 0. The number of alkyl halides is 1. The number of anilines is 1. The van der Waals surface area contributed by atoms with Crippen LogP contribution < -0.4 is 5.32 Å². The van der Waals surface area contributed by atoms with E-state index in [1.54, 1.807) is 6.92 Å². The number of sulfonamides is 1. The van der Waals surface area contributed by atoms with Gasteiger partial charge >= 0.3 is 5.97 Å². The Morgan fingerprint density at radius 2 is 2.05 bits per heavy atom. The summed E-state index contributed by atoms with van der Waals surface area (Å²) >= 11 is 0. The van der Waals surface area contributed by atoms with Crippen molar-refractivity contribution in [3.05, 3.63) is 24.3 Å². The number of nitrogens with one attached hydrogen (secondary N) is 1. The summed E-state index contributed by atoms with van der Waals surface area (Å²) < 4.78 is 42.3. The fourth-order valence-corrected chi connectivity index (χ4v) is 2.74. The second-order valence-corrected chi connectivity index (χ2v) is 6.32. The number of ether oxygens (including phenoxy) is 1. The third kappa shape index (κ3) is 4.78. The van der Waals surface area contributed by atoms with Crippen LogP contribution in [0.1, 0.15) is 6.92 Å². The molecule has 0 fully saturated rings. The largest absolute Gasteiger partial charge is 0.465 e. The molecule has 0 aliphatic heterocycles. The minimum absolute atomic E-state index is 0.129. The first-order valence-corrected chi connectivity index (χ1v) is 7.83. The lowest BCUT2D eigenvalue weighted by Gasteiger charge is -2.16. The molecule has 1 amide bonds. The highest BCUT2D eigenvalue weighted by Gasteiger charge is 2.23. The topological polar surface area (TPSA) is 92.8 Å². The van der Waals surface area contributed by atoms with Crippen molar-refractivity contribution in [1.29, 1.82) is 0 Å². The van der Waals surface area contributed by atoms with Crippen LogP contribution in [-0.2, 0) is 24.3 Å². The third-order valence-corrected chi connectivity index (χ3v) is 4.40. The van der Waals surface area contributed by atoms with Crippen LogP contribution in [0.15, 0.2) is 29.2 Å². The van der Waals surface area contributed by atoms with Crippen LogP contribution in [-0.4, -0.2) is 51.5 Å². The Kier molecular flexibility index (Phi) is 6.44. The van der Waals surface area contributed by atoms with Crippen LogP contribution in [0.4, 0.5) is 10.1 Å². The van der Waals surface area contributed by atoms with Gasteiger partial charge in [0.25, 0.3) is 5.91 Å². The van der Waals surface area contributed by atoms with Crippen molar-refractivity contribution in [2.24, 2.45) is 0 Å². The van der Waals surface area contributed by atoms with E-state index < -0.39 is 35.1 Å². The average molecular weight is 332 g/mol. The number of amides is 1. The third-order valence-electron chi connectivity index (χ3n) is 2.60. The molecule has 0 aromatic heterocycles. The van der Waals surface area contributed by atoms with Gasteiger partial charge in [0.05, 0.1) is 11.5 Å². The molecule has 0 bridgehead atoms. The number of halogens is 1. The molecule has 0 radical (unpaired) electrons. The molecule has 122 valence electrons. The van der Waals surface area contributed by atoms with Crippen molar-refractivity contribution < 1.29 is 27.1 Å². The number of benzene rings is 1. The molecule has 0 unspecified atom stereocenters. The van der Waals surface area contributed by atoms with Crippen LogP contribution in [0.25, 0.3) is 0 Å². The molecule has 1 N–H and O–H groups in total. The SMILES string of the molecule is CCOC(=O)CN(C)S(=O)(=O)c1cccc(NC(=O)CF)c1. The van der Waals surface area contributed by atoms with Gasteiger partial charge in [-0.25, -0.2) is 12.8 Å². The zero-order valence-electron chi connectivity index (χ0n) is 12.2. The van der Waals surface area contributed by atoms with Crippen molar-refractivity contribution in [3.63, 3.8) is 0 Å². The van der Waals surface area contributed by atoms with Crippen molar-refractivity contribution in [3.8, 4) is 0 Å². The first-order chi connectivity index (χ1) is 10.3. The smallest absolute Gasteiger partial charge is 0.321 e. The summed E-state index contributed by atoms with van der Waals surface area (Å²) in [5, 5.41) is 2.22. The van der Waals surface area contributed by atoms with Crippen molar-refractivity contribution in [2.45, 2.75) is 11.8 Å². The fourth-order valence-electron chi connectivity index (χ4n) is 1.58. The summed E-state index contributed by atoms with van der Waals surface area (Å²) in [6.45, 7) is 0.123. The molecule has 0 aliphatic rings. The first-order valence-electron chi connectivity index (χ1n) is 6.39. The van der Waals surface area contributed by atoms with Crippen LogP contribution in [0.5, 0.6) is 0 Å². The van der Waals surface area contributed by atoms with Gasteiger partial charge in [-0.2, -0.15) is 4.31 Å². The maximum atomic E-state index is 12.3. The second-order valence-electron chi connectivity index (χ2n) is 4.28. The molecule has 1 aromatic carbocycles. The summed E-state index contributed by atoms with van der Waals surface area (Å²) in [7, 11) is -2.69. The molecule has 0 spiro atoms. The Morgan fingerprint density at radius 3 is 2.64 bits per heavy atom. The molecular formula is C13H17FN2O5S. The highest BCUT2D eigenvalue weighted by molar-refractivity contribution is 7.89. The number of hydrogen-bond acceptors (Lipinski definition) is 5. The molecule has 0 saturated carbocycles. The Bertz CT molecular complexity index is 648. The normalized spacial score (nSPS) is 11.3. The van der Waals surface area contributed by atoms with Crippen LogP contribution in [0.2, 0.25) is 0 Å². The van der Waals surface area contributed by atoms with E-state index in [9.17, 15) is 22.4 Å². The summed E-state index contributed by atoms with van der Waals surface area (Å²) in [5.41, 5.74) is 0.147. The van der Waals surface area contributed by atoms with Gasteiger partial charge in [-0.05, 0) is 25.1 Å². The molecular weight excluding hydrogens is 315 g/mol. The minimum Gasteiger partial charge on any atom is -0.465 e. The number of nitrogens with zero attached hydrogens (tertiary/aromatic N) is 1. The Balaban J connectivity index is 2.95. The molecule has 9 heteroatoms. The van der Waals surface area contributed by atoms with E-state index in [1.807, 2.05) is 0 Å². The van der Waals surface area contributed by atoms with E-state index in [1.165, 1.54) is 31.3 Å². The zero-order valence-corrected chi connectivity index (χ0v) is 13.0. The van der Waals surface area contributed by atoms with E-state index in [-0.39, 0.29) is 17.2 Å². The summed E-state index contributed by atoms with van der Waals surface area (Å²) in [4.78, 5) is 22.2. The van der Waals surface area contributed by atoms with Crippen LogP contribution >= 0.6 is 0 Å². The molecule has 1 rings (SSSR count). The zero-order chi connectivity index (χ0) is 16.8. The van der Waals surface area contributed by atoms with Crippen LogP contribution in [0, 0.1) is 0 Å². The average Bonchev–Trinajstić information content (AvgIpc) is 2.47. The number of rotatable bonds is 7. The summed E-state index contributed by atoms with van der Waals surface area (Å²) in [5.74, 6) is -1.55. The van der Waals surface area contributed by atoms with Gasteiger partial charge in [-0.1, -0.05) is 6.07 Å². The lowest BCUT2D eigenvalue weighted by atomic mass is 10.3. The fraction of sp³-hybridized carbons (Fsp3) is 0.385. The molecule has 0 saturated heterocycles. The van der Waals surface area contributed by atoms with Crippen molar-refractivity contribution in [1.82, 2.24) is 4.31 Å². The quantitative estimate of drug-likeness (QED) is 0.745. The molecule has 22 heavy (non-hydrogen) atoms. The highest BCUT2D eigenvalue weighted by Crippen LogP contribution is 2.18. The molecule has 7 nitrogen and oxygen atoms in total. The standard InChI is InChI=1S/C13H17FN2O5S/c1-3-21-13(18)9-16(2)22(19,20)11-6-4-5-10(7-11)15-12(17)8-14/h4-7H,3,8-9H2,1-2H3,(H,15,17). The van der Waals surface area contributed by atoms with Gasteiger partial charge in [-0.3, -0.25) is 9.59 Å².